The Bertz CT molecular complexity index is 1350. The third-order valence-electron chi connectivity index (χ3n) is 5.07. The highest BCUT2D eigenvalue weighted by Gasteiger charge is 2.41. The molecule has 0 aliphatic heterocycles. The summed E-state index contributed by atoms with van der Waals surface area (Å²) in [5.74, 6) is -0.00195. The first kappa shape index (κ1) is 23.8. The fraction of sp³-hybridized carbons (Fsp3) is 0.217. The van der Waals surface area contributed by atoms with Crippen molar-refractivity contribution in [3.63, 3.8) is 0 Å². The third kappa shape index (κ3) is 4.67. The highest BCUT2D eigenvalue weighted by molar-refractivity contribution is 5.90. The standard InChI is InChI=1S/C23H20F3N5O4/c1-4-35-22(32)17-12-27-31(21(17)23(24,25)26)15-7-5-14(6-8-15)18-13-30(29-28-18)16-9-10-19(33-2)20(11-16)34-3/h5-13H,4H2,1-3H3. The molecule has 0 aliphatic rings. The van der Waals surface area contributed by atoms with Gasteiger partial charge < -0.3 is 14.2 Å². The van der Waals surface area contributed by atoms with Crippen LogP contribution in [-0.4, -0.2) is 51.6 Å². The van der Waals surface area contributed by atoms with Crippen LogP contribution in [0.25, 0.3) is 22.6 Å². The minimum atomic E-state index is -4.82. The molecule has 2 aromatic carbocycles. The second-order valence-electron chi connectivity index (χ2n) is 7.17. The molecule has 0 N–H and O–H groups in total. The zero-order valence-corrected chi connectivity index (χ0v) is 18.9. The lowest BCUT2D eigenvalue weighted by atomic mass is 10.1. The van der Waals surface area contributed by atoms with E-state index in [9.17, 15) is 18.0 Å². The van der Waals surface area contributed by atoms with Crippen molar-refractivity contribution in [1.82, 2.24) is 24.8 Å². The van der Waals surface area contributed by atoms with E-state index in [1.165, 1.54) is 38.0 Å². The first-order chi connectivity index (χ1) is 16.8. The Hall–Kier alpha value is -4.35. The smallest absolute Gasteiger partial charge is 0.434 e. The van der Waals surface area contributed by atoms with Crippen molar-refractivity contribution >= 4 is 5.97 Å². The summed E-state index contributed by atoms with van der Waals surface area (Å²) in [5.41, 5.74) is 0.0473. The Morgan fingerprint density at radius 2 is 1.69 bits per heavy atom. The van der Waals surface area contributed by atoms with E-state index in [0.29, 0.717) is 33.1 Å². The highest BCUT2D eigenvalue weighted by Crippen LogP contribution is 2.34. The van der Waals surface area contributed by atoms with Gasteiger partial charge in [-0.1, -0.05) is 17.3 Å². The third-order valence-corrected chi connectivity index (χ3v) is 5.07. The predicted molar refractivity (Wildman–Crippen MR) is 118 cm³/mol. The van der Waals surface area contributed by atoms with Gasteiger partial charge in [0.15, 0.2) is 17.2 Å². The number of aromatic nitrogens is 5. The molecule has 9 nitrogen and oxygen atoms in total. The molecule has 12 heteroatoms. The molecule has 35 heavy (non-hydrogen) atoms. The average molecular weight is 487 g/mol. The van der Waals surface area contributed by atoms with Gasteiger partial charge in [-0.3, -0.25) is 0 Å². The monoisotopic (exact) mass is 487 g/mol. The van der Waals surface area contributed by atoms with Gasteiger partial charge in [0, 0.05) is 11.6 Å². The van der Waals surface area contributed by atoms with Crippen molar-refractivity contribution in [2.24, 2.45) is 0 Å². The Morgan fingerprint density at radius 1 is 1.00 bits per heavy atom. The second kappa shape index (κ2) is 9.49. The molecule has 0 saturated heterocycles. The number of rotatable bonds is 7. The summed E-state index contributed by atoms with van der Waals surface area (Å²) in [7, 11) is 3.06. The molecule has 0 fully saturated rings. The van der Waals surface area contributed by atoms with Crippen LogP contribution in [0.15, 0.2) is 54.9 Å². The van der Waals surface area contributed by atoms with Gasteiger partial charge in [-0.15, -0.1) is 5.10 Å². The van der Waals surface area contributed by atoms with Crippen LogP contribution < -0.4 is 9.47 Å². The molecule has 2 aromatic heterocycles. The van der Waals surface area contributed by atoms with Crippen LogP contribution in [-0.2, 0) is 10.9 Å². The highest BCUT2D eigenvalue weighted by atomic mass is 19.4. The van der Waals surface area contributed by atoms with E-state index >= 15 is 0 Å². The van der Waals surface area contributed by atoms with Gasteiger partial charge >= 0.3 is 12.1 Å². The van der Waals surface area contributed by atoms with E-state index in [-0.39, 0.29) is 12.3 Å². The summed E-state index contributed by atoms with van der Waals surface area (Å²) in [6.07, 6.45) is -2.30. The largest absolute Gasteiger partial charge is 0.493 e. The van der Waals surface area contributed by atoms with Gasteiger partial charge in [-0.25, -0.2) is 14.2 Å². The van der Waals surface area contributed by atoms with Crippen molar-refractivity contribution in [3.8, 4) is 34.1 Å². The Morgan fingerprint density at radius 3 is 2.31 bits per heavy atom. The van der Waals surface area contributed by atoms with Gasteiger partial charge in [0.2, 0.25) is 0 Å². The summed E-state index contributed by atoms with van der Waals surface area (Å²) in [6, 6.07) is 11.3. The van der Waals surface area contributed by atoms with E-state index in [1.54, 1.807) is 36.5 Å². The van der Waals surface area contributed by atoms with Crippen molar-refractivity contribution < 1.29 is 32.2 Å². The average Bonchev–Trinajstić information content (AvgIpc) is 3.52. The summed E-state index contributed by atoms with van der Waals surface area (Å²) in [6.45, 7) is 1.45. The van der Waals surface area contributed by atoms with E-state index in [1.807, 2.05) is 0 Å². The van der Waals surface area contributed by atoms with Gasteiger partial charge in [0.25, 0.3) is 0 Å². The number of alkyl halides is 3. The van der Waals surface area contributed by atoms with Crippen LogP contribution in [0, 0.1) is 0 Å². The number of nitrogens with zero attached hydrogens (tertiary/aromatic N) is 5. The summed E-state index contributed by atoms with van der Waals surface area (Å²) in [5, 5.41) is 12.0. The maximum absolute atomic E-state index is 13.7. The van der Waals surface area contributed by atoms with Crippen LogP contribution >= 0.6 is 0 Å². The molecule has 0 bridgehead atoms. The van der Waals surface area contributed by atoms with Gasteiger partial charge in [-0.05, 0) is 31.2 Å². The zero-order chi connectivity index (χ0) is 25.2. The SMILES string of the molecule is CCOC(=O)c1cnn(-c2ccc(-c3cn(-c4ccc(OC)c(OC)c4)nn3)cc2)c1C(F)(F)F. The molecule has 0 atom stereocenters. The number of halogens is 3. The maximum Gasteiger partial charge on any atom is 0.434 e. The van der Waals surface area contributed by atoms with Crippen LogP contribution in [0.3, 0.4) is 0 Å². The lowest BCUT2D eigenvalue weighted by Crippen LogP contribution is -2.18. The van der Waals surface area contributed by atoms with Crippen molar-refractivity contribution in [1.29, 1.82) is 0 Å². The lowest BCUT2D eigenvalue weighted by molar-refractivity contribution is -0.143. The molecule has 4 rings (SSSR count). The predicted octanol–water partition coefficient (Wildman–Crippen LogP) is 4.33. The first-order valence-electron chi connectivity index (χ1n) is 10.3. The fourth-order valence-electron chi connectivity index (χ4n) is 3.44. The fourth-order valence-corrected chi connectivity index (χ4v) is 3.44. The molecule has 0 amide bonds. The summed E-state index contributed by atoms with van der Waals surface area (Å²) in [4.78, 5) is 12.0. The summed E-state index contributed by atoms with van der Waals surface area (Å²) < 4.78 is 58.7. The molecule has 0 unspecified atom stereocenters. The Kier molecular flexibility index (Phi) is 6.45. The quantitative estimate of drug-likeness (QED) is 0.358. The normalized spacial score (nSPS) is 11.4. The number of ether oxygens (including phenoxy) is 3. The lowest BCUT2D eigenvalue weighted by Gasteiger charge is -2.12. The molecular formula is C23H20F3N5O4. The van der Waals surface area contributed by atoms with Gasteiger partial charge in [-0.2, -0.15) is 18.3 Å². The second-order valence-corrected chi connectivity index (χ2v) is 7.17. The van der Waals surface area contributed by atoms with E-state index < -0.39 is 23.4 Å². The minimum Gasteiger partial charge on any atom is -0.493 e. The van der Waals surface area contributed by atoms with Crippen LogP contribution in [0.2, 0.25) is 0 Å². The van der Waals surface area contributed by atoms with Crippen molar-refractivity contribution in [2.45, 2.75) is 13.1 Å². The first-order valence-corrected chi connectivity index (χ1v) is 10.3. The summed E-state index contributed by atoms with van der Waals surface area (Å²) >= 11 is 0. The number of hydrogen-bond donors (Lipinski definition) is 0. The van der Waals surface area contributed by atoms with E-state index in [0.717, 1.165) is 6.20 Å². The molecular weight excluding hydrogens is 467 g/mol. The topological polar surface area (TPSA) is 93.3 Å². The number of hydrogen-bond acceptors (Lipinski definition) is 7. The number of methoxy groups -OCH3 is 2. The molecule has 4 aromatic rings. The molecule has 0 spiro atoms. The Labute approximate surface area is 197 Å². The van der Waals surface area contributed by atoms with Crippen molar-refractivity contribution in [3.05, 3.63) is 66.1 Å². The number of benzene rings is 2. The number of carbonyl (C=O) groups is 1. The number of esters is 1. The maximum atomic E-state index is 13.7. The Balaban J connectivity index is 1.64. The van der Waals surface area contributed by atoms with Gasteiger partial charge in [0.1, 0.15) is 11.3 Å². The molecule has 2 heterocycles. The molecule has 0 saturated carbocycles. The molecule has 182 valence electrons. The molecule has 0 aliphatic carbocycles. The van der Waals surface area contributed by atoms with Crippen LogP contribution in [0.1, 0.15) is 23.0 Å². The van der Waals surface area contributed by atoms with Crippen molar-refractivity contribution in [2.75, 3.05) is 20.8 Å². The number of carbonyl (C=O) groups excluding carboxylic acids is 1. The van der Waals surface area contributed by atoms with E-state index in [4.69, 9.17) is 14.2 Å². The van der Waals surface area contributed by atoms with Crippen LogP contribution in [0.4, 0.5) is 13.2 Å². The minimum absolute atomic E-state index is 0.0556. The zero-order valence-electron chi connectivity index (χ0n) is 18.9. The molecule has 0 radical (unpaired) electrons. The van der Waals surface area contributed by atoms with Crippen LogP contribution in [0.5, 0.6) is 11.5 Å². The van der Waals surface area contributed by atoms with E-state index in [2.05, 4.69) is 15.4 Å². The van der Waals surface area contributed by atoms with Gasteiger partial charge in [0.05, 0.1) is 44.6 Å².